The third kappa shape index (κ3) is 1.50. The Morgan fingerprint density at radius 3 is 2.39 bits per heavy atom. The van der Waals surface area contributed by atoms with Crippen molar-refractivity contribution in [3.8, 4) is 0 Å². The Balaban J connectivity index is 1.57. The van der Waals surface area contributed by atoms with Gasteiger partial charge in [0.15, 0.2) is 0 Å². The predicted octanol–water partition coefficient (Wildman–Crippen LogP) is 3.70. The number of benzene rings is 1. The number of rotatable bonds is 3. The van der Waals surface area contributed by atoms with Gasteiger partial charge in [-0.25, -0.2) is 0 Å². The maximum Gasteiger partial charge on any atom is 0.0243 e. The van der Waals surface area contributed by atoms with Gasteiger partial charge in [0.2, 0.25) is 0 Å². The molecule has 4 aliphatic carbocycles. The van der Waals surface area contributed by atoms with E-state index in [-0.39, 0.29) is 0 Å². The molecule has 96 valence electrons. The molecule has 1 aromatic carbocycles. The van der Waals surface area contributed by atoms with E-state index in [1.165, 1.54) is 37.7 Å². The van der Waals surface area contributed by atoms with Crippen LogP contribution in [0.2, 0.25) is 0 Å². The van der Waals surface area contributed by atoms with E-state index in [0.29, 0.717) is 5.54 Å². The zero-order chi connectivity index (χ0) is 12.2. The first kappa shape index (κ1) is 11.0. The normalized spacial score (nSPS) is 40.9. The molecule has 0 saturated heterocycles. The van der Waals surface area contributed by atoms with Crippen molar-refractivity contribution >= 4 is 0 Å². The number of hydrogen-bond acceptors (Lipinski definition) is 1. The summed E-state index contributed by atoms with van der Waals surface area (Å²) in [4.78, 5) is 2.70. The molecule has 0 radical (unpaired) electrons. The van der Waals surface area contributed by atoms with E-state index in [4.69, 9.17) is 0 Å². The first-order chi connectivity index (χ1) is 8.76. The van der Waals surface area contributed by atoms with Gasteiger partial charge in [-0.3, -0.25) is 4.90 Å². The van der Waals surface area contributed by atoms with Crippen molar-refractivity contribution < 1.29 is 0 Å². The highest BCUT2D eigenvalue weighted by Gasteiger charge is 2.59. The standard InChI is InChI=1S/C17H23N/c1-18(12-13-5-3-2-4-6-13)17-10-14-7-15(11-17)9-16(17)8-14/h2-6,14-16H,7-12H2,1H3. The molecular weight excluding hydrogens is 218 g/mol. The van der Waals surface area contributed by atoms with Gasteiger partial charge < -0.3 is 0 Å². The largest absolute Gasteiger partial charge is 0.296 e. The Morgan fingerprint density at radius 1 is 1.06 bits per heavy atom. The van der Waals surface area contributed by atoms with Gasteiger partial charge in [0.05, 0.1) is 0 Å². The van der Waals surface area contributed by atoms with Gasteiger partial charge in [0, 0.05) is 12.1 Å². The van der Waals surface area contributed by atoms with Crippen molar-refractivity contribution in [3.05, 3.63) is 35.9 Å². The van der Waals surface area contributed by atoms with Crippen LogP contribution in [-0.2, 0) is 6.54 Å². The van der Waals surface area contributed by atoms with Gasteiger partial charge in [-0.2, -0.15) is 0 Å². The Kier molecular flexibility index (Phi) is 2.35. The molecule has 2 unspecified atom stereocenters. The molecule has 0 N–H and O–H groups in total. The summed E-state index contributed by atoms with van der Waals surface area (Å²) >= 11 is 0. The molecule has 0 aliphatic heterocycles. The summed E-state index contributed by atoms with van der Waals surface area (Å²) in [5.74, 6) is 3.12. The van der Waals surface area contributed by atoms with E-state index in [1.807, 2.05) is 0 Å². The Hall–Kier alpha value is -0.820. The van der Waals surface area contributed by atoms with E-state index in [9.17, 15) is 0 Å². The topological polar surface area (TPSA) is 3.24 Å². The van der Waals surface area contributed by atoms with Crippen molar-refractivity contribution in [3.63, 3.8) is 0 Å². The minimum absolute atomic E-state index is 0.573. The van der Waals surface area contributed by atoms with Gasteiger partial charge in [0.25, 0.3) is 0 Å². The molecular formula is C17H23N. The van der Waals surface area contributed by atoms with Crippen molar-refractivity contribution in [1.82, 2.24) is 4.90 Å². The van der Waals surface area contributed by atoms with Crippen molar-refractivity contribution in [2.24, 2.45) is 17.8 Å². The predicted molar refractivity (Wildman–Crippen MR) is 74.2 cm³/mol. The molecule has 2 atom stereocenters. The number of nitrogens with zero attached hydrogens (tertiary/aromatic N) is 1. The van der Waals surface area contributed by atoms with Gasteiger partial charge in [-0.1, -0.05) is 30.3 Å². The SMILES string of the molecule is CN(Cc1ccccc1)C12CC3CC(CC1C3)C2. The highest BCUT2D eigenvalue weighted by atomic mass is 15.2. The van der Waals surface area contributed by atoms with Crippen LogP contribution < -0.4 is 0 Å². The highest BCUT2D eigenvalue weighted by molar-refractivity contribution is 5.18. The van der Waals surface area contributed by atoms with E-state index in [2.05, 4.69) is 42.3 Å². The second-order valence-corrected chi connectivity index (χ2v) is 6.99. The van der Waals surface area contributed by atoms with Crippen LogP contribution in [-0.4, -0.2) is 17.5 Å². The summed E-state index contributed by atoms with van der Waals surface area (Å²) in [6.45, 7) is 1.14. The Morgan fingerprint density at radius 2 is 1.72 bits per heavy atom. The van der Waals surface area contributed by atoms with E-state index < -0.39 is 0 Å². The maximum atomic E-state index is 2.70. The molecule has 4 saturated carbocycles. The summed E-state index contributed by atoms with van der Waals surface area (Å²) in [6.07, 6.45) is 7.55. The molecule has 1 heteroatoms. The fraction of sp³-hybridized carbons (Fsp3) is 0.647. The molecule has 4 bridgehead atoms. The van der Waals surface area contributed by atoms with Crippen molar-refractivity contribution in [1.29, 1.82) is 0 Å². The molecule has 0 spiro atoms. The van der Waals surface area contributed by atoms with Crippen LogP contribution in [0.1, 0.15) is 37.7 Å². The lowest BCUT2D eigenvalue weighted by molar-refractivity contribution is 0.0755. The van der Waals surface area contributed by atoms with Crippen LogP contribution in [0.4, 0.5) is 0 Å². The van der Waals surface area contributed by atoms with E-state index in [0.717, 1.165) is 24.3 Å². The third-order valence-corrected chi connectivity index (χ3v) is 5.97. The highest BCUT2D eigenvalue weighted by Crippen LogP contribution is 2.62. The summed E-state index contributed by atoms with van der Waals surface area (Å²) in [7, 11) is 2.37. The monoisotopic (exact) mass is 241 g/mol. The van der Waals surface area contributed by atoms with Gasteiger partial charge in [0.1, 0.15) is 0 Å². The minimum atomic E-state index is 0.573. The summed E-state index contributed by atoms with van der Waals surface area (Å²) < 4.78 is 0. The van der Waals surface area contributed by atoms with Gasteiger partial charge in [-0.15, -0.1) is 0 Å². The van der Waals surface area contributed by atoms with Crippen LogP contribution in [0.5, 0.6) is 0 Å². The van der Waals surface area contributed by atoms with Gasteiger partial charge in [-0.05, 0) is 62.5 Å². The summed E-state index contributed by atoms with van der Waals surface area (Å²) in [6, 6.07) is 11.0. The van der Waals surface area contributed by atoms with Crippen LogP contribution in [0, 0.1) is 17.8 Å². The Labute approximate surface area is 110 Å². The van der Waals surface area contributed by atoms with Crippen LogP contribution in [0.25, 0.3) is 0 Å². The quantitative estimate of drug-likeness (QED) is 0.780. The van der Waals surface area contributed by atoms with Crippen LogP contribution in [0.15, 0.2) is 30.3 Å². The first-order valence-corrected chi connectivity index (χ1v) is 7.51. The van der Waals surface area contributed by atoms with E-state index in [1.54, 1.807) is 0 Å². The Bertz CT molecular complexity index is 424. The molecule has 18 heavy (non-hydrogen) atoms. The molecule has 1 nitrogen and oxygen atoms in total. The summed E-state index contributed by atoms with van der Waals surface area (Å²) in [5.41, 5.74) is 2.05. The average molecular weight is 241 g/mol. The first-order valence-electron chi connectivity index (χ1n) is 7.51. The van der Waals surface area contributed by atoms with Crippen LogP contribution >= 0.6 is 0 Å². The van der Waals surface area contributed by atoms with Gasteiger partial charge >= 0.3 is 0 Å². The second-order valence-electron chi connectivity index (χ2n) is 6.99. The van der Waals surface area contributed by atoms with Crippen molar-refractivity contribution in [2.75, 3.05) is 7.05 Å². The lowest BCUT2D eigenvalue weighted by Gasteiger charge is -2.41. The van der Waals surface area contributed by atoms with Crippen LogP contribution in [0.3, 0.4) is 0 Å². The van der Waals surface area contributed by atoms with Crippen molar-refractivity contribution in [2.45, 2.75) is 44.2 Å². The molecule has 0 aromatic heterocycles. The summed E-state index contributed by atoms with van der Waals surface area (Å²) in [5, 5.41) is 0. The molecule has 4 fully saturated rings. The smallest absolute Gasteiger partial charge is 0.0243 e. The molecule has 0 amide bonds. The molecule has 1 aromatic rings. The molecule has 5 rings (SSSR count). The van der Waals surface area contributed by atoms with E-state index >= 15 is 0 Å². The third-order valence-electron chi connectivity index (χ3n) is 5.97. The lowest BCUT2D eigenvalue weighted by atomic mass is 9.80. The fourth-order valence-corrected chi connectivity index (χ4v) is 5.39. The maximum absolute atomic E-state index is 2.70. The number of hydrogen-bond donors (Lipinski definition) is 0. The molecule has 0 heterocycles. The zero-order valence-electron chi connectivity index (χ0n) is 11.3. The molecule has 4 aliphatic rings. The fourth-order valence-electron chi connectivity index (χ4n) is 5.39. The second kappa shape index (κ2) is 3.84. The minimum Gasteiger partial charge on any atom is -0.296 e. The zero-order valence-corrected chi connectivity index (χ0v) is 11.3. The lowest BCUT2D eigenvalue weighted by Crippen LogP contribution is -2.47. The average Bonchev–Trinajstić information content (AvgIpc) is 2.77.